The Morgan fingerprint density at radius 1 is 1.10 bits per heavy atom. The zero-order valence-electron chi connectivity index (χ0n) is 10.5. The molecule has 0 amide bonds. The Hall–Kier alpha value is -2.45. The van der Waals surface area contributed by atoms with E-state index >= 15 is 0 Å². The molecule has 0 aliphatic rings. The summed E-state index contributed by atoms with van der Waals surface area (Å²) in [7, 11) is 0. The Balaban J connectivity index is 2.13. The molecular weight excluding hydrogens is 262 g/mol. The lowest BCUT2D eigenvalue weighted by Gasteiger charge is -2.15. The first-order chi connectivity index (χ1) is 9.63. The van der Waals surface area contributed by atoms with Gasteiger partial charge in [0.05, 0.1) is 16.8 Å². The average molecular weight is 274 g/mol. The number of benzene rings is 2. The van der Waals surface area contributed by atoms with E-state index in [0.29, 0.717) is 11.3 Å². The molecule has 0 aliphatic heterocycles. The first-order valence-corrected chi connectivity index (χ1v) is 5.98. The van der Waals surface area contributed by atoms with Gasteiger partial charge in [0.25, 0.3) is 0 Å². The smallest absolute Gasteiger partial charge is 0.132 e. The molecule has 20 heavy (non-hydrogen) atoms. The molecule has 0 spiro atoms. The summed E-state index contributed by atoms with van der Waals surface area (Å²) in [6.45, 7) is -0.101. The molecule has 2 N–H and O–H groups in total. The number of hydrogen-bond donors (Lipinski definition) is 2. The van der Waals surface area contributed by atoms with Crippen LogP contribution in [0.15, 0.2) is 42.5 Å². The number of halogens is 2. The molecule has 1 unspecified atom stereocenters. The molecule has 2 aromatic carbocycles. The molecule has 3 nitrogen and oxygen atoms in total. The zero-order chi connectivity index (χ0) is 14.5. The van der Waals surface area contributed by atoms with E-state index in [1.165, 1.54) is 6.07 Å². The highest BCUT2D eigenvalue weighted by atomic mass is 19.1. The summed E-state index contributed by atoms with van der Waals surface area (Å²) in [5.41, 5.74) is 0.522. The minimum Gasteiger partial charge on any atom is -0.386 e. The Kier molecular flexibility index (Phi) is 4.28. The van der Waals surface area contributed by atoms with Gasteiger partial charge in [-0.05, 0) is 24.3 Å². The van der Waals surface area contributed by atoms with Crippen LogP contribution in [0, 0.1) is 23.0 Å². The lowest BCUT2D eigenvalue weighted by atomic mass is 10.1. The number of para-hydroxylation sites is 1. The molecule has 2 rings (SSSR count). The van der Waals surface area contributed by atoms with Gasteiger partial charge in [0.2, 0.25) is 0 Å². The van der Waals surface area contributed by atoms with Gasteiger partial charge in [-0.2, -0.15) is 5.26 Å². The highest BCUT2D eigenvalue weighted by Crippen LogP contribution is 2.22. The third kappa shape index (κ3) is 2.92. The largest absolute Gasteiger partial charge is 0.386 e. The first kappa shape index (κ1) is 14.0. The molecule has 0 radical (unpaired) electrons. The van der Waals surface area contributed by atoms with E-state index in [1.54, 1.807) is 24.3 Å². The van der Waals surface area contributed by atoms with Gasteiger partial charge in [0, 0.05) is 6.54 Å². The molecular formula is C15H12F2N2O. The van der Waals surface area contributed by atoms with Crippen molar-refractivity contribution in [2.45, 2.75) is 6.10 Å². The van der Waals surface area contributed by atoms with Crippen molar-refractivity contribution in [1.29, 1.82) is 5.26 Å². The molecule has 0 saturated heterocycles. The van der Waals surface area contributed by atoms with Crippen LogP contribution >= 0.6 is 0 Å². The second kappa shape index (κ2) is 6.13. The summed E-state index contributed by atoms with van der Waals surface area (Å²) in [4.78, 5) is 0. The third-order valence-electron chi connectivity index (χ3n) is 2.87. The zero-order valence-corrected chi connectivity index (χ0v) is 10.5. The second-order valence-corrected chi connectivity index (χ2v) is 4.19. The fourth-order valence-electron chi connectivity index (χ4n) is 1.87. The van der Waals surface area contributed by atoms with Crippen molar-refractivity contribution in [1.82, 2.24) is 0 Å². The lowest BCUT2D eigenvalue weighted by Crippen LogP contribution is -2.15. The molecule has 1 atom stereocenters. The quantitative estimate of drug-likeness (QED) is 0.901. The summed E-state index contributed by atoms with van der Waals surface area (Å²) in [5, 5.41) is 21.6. The number of aliphatic hydroxyl groups is 1. The van der Waals surface area contributed by atoms with Gasteiger partial charge < -0.3 is 10.4 Å². The summed E-state index contributed by atoms with van der Waals surface area (Å²) in [5.74, 6) is -1.60. The molecule has 0 aliphatic carbocycles. The summed E-state index contributed by atoms with van der Waals surface area (Å²) in [6.07, 6.45) is -1.34. The molecule has 0 bridgehead atoms. The van der Waals surface area contributed by atoms with E-state index < -0.39 is 17.7 Å². The van der Waals surface area contributed by atoms with Crippen LogP contribution in [0.25, 0.3) is 0 Å². The number of hydrogen-bond acceptors (Lipinski definition) is 3. The molecule has 5 heteroatoms. The maximum Gasteiger partial charge on any atom is 0.132 e. The number of anilines is 1. The van der Waals surface area contributed by atoms with Crippen LogP contribution in [0.5, 0.6) is 0 Å². The Bertz CT molecular complexity index is 632. The summed E-state index contributed by atoms with van der Waals surface area (Å²) < 4.78 is 27.0. The normalized spacial score (nSPS) is 11.7. The summed E-state index contributed by atoms with van der Waals surface area (Å²) >= 11 is 0. The van der Waals surface area contributed by atoms with E-state index in [-0.39, 0.29) is 12.1 Å². The van der Waals surface area contributed by atoms with Crippen LogP contribution in [-0.4, -0.2) is 11.7 Å². The van der Waals surface area contributed by atoms with Gasteiger partial charge in [-0.25, -0.2) is 8.78 Å². The van der Waals surface area contributed by atoms with Crippen molar-refractivity contribution in [2.75, 3.05) is 11.9 Å². The van der Waals surface area contributed by atoms with Gasteiger partial charge in [-0.3, -0.25) is 0 Å². The number of nitrogens with zero attached hydrogens (tertiary/aromatic N) is 1. The Labute approximate surface area is 115 Å². The number of aliphatic hydroxyl groups excluding tert-OH is 1. The molecule has 0 fully saturated rings. The predicted octanol–water partition coefficient (Wildman–Crippen LogP) is 2.98. The second-order valence-electron chi connectivity index (χ2n) is 4.19. The van der Waals surface area contributed by atoms with Crippen molar-refractivity contribution < 1.29 is 13.9 Å². The maximum absolute atomic E-state index is 13.5. The fraction of sp³-hybridized carbons (Fsp3) is 0.133. The first-order valence-electron chi connectivity index (χ1n) is 5.98. The summed E-state index contributed by atoms with van der Waals surface area (Å²) in [6, 6.07) is 12.1. The molecule has 2 aromatic rings. The predicted molar refractivity (Wildman–Crippen MR) is 71.0 cm³/mol. The van der Waals surface area contributed by atoms with Gasteiger partial charge in [-0.1, -0.05) is 18.2 Å². The number of nitrogens with one attached hydrogen (secondary N) is 1. The number of nitriles is 1. The monoisotopic (exact) mass is 274 g/mol. The molecule has 0 aromatic heterocycles. The van der Waals surface area contributed by atoms with Crippen molar-refractivity contribution in [3.63, 3.8) is 0 Å². The van der Waals surface area contributed by atoms with E-state index in [0.717, 1.165) is 12.1 Å². The van der Waals surface area contributed by atoms with Crippen LogP contribution in [0.2, 0.25) is 0 Å². The topological polar surface area (TPSA) is 56.0 Å². The Morgan fingerprint density at radius 2 is 1.75 bits per heavy atom. The van der Waals surface area contributed by atoms with Gasteiger partial charge >= 0.3 is 0 Å². The highest BCUT2D eigenvalue weighted by Gasteiger charge is 2.17. The SMILES string of the molecule is N#Cc1ccccc1NCC(O)c1c(F)cccc1F. The lowest BCUT2D eigenvalue weighted by molar-refractivity contribution is 0.181. The van der Waals surface area contributed by atoms with Gasteiger partial charge in [-0.15, -0.1) is 0 Å². The van der Waals surface area contributed by atoms with Crippen LogP contribution in [0.3, 0.4) is 0 Å². The minimum absolute atomic E-state index is 0.101. The van der Waals surface area contributed by atoms with Crippen molar-refractivity contribution in [3.8, 4) is 6.07 Å². The van der Waals surface area contributed by atoms with Crippen LogP contribution < -0.4 is 5.32 Å². The van der Waals surface area contributed by atoms with Gasteiger partial charge in [0.1, 0.15) is 23.8 Å². The average Bonchev–Trinajstić information content (AvgIpc) is 2.45. The van der Waals surface area contributed by atoms with E-state index in [2.05, 4.69) is 5.32 Å². The van der Waals surface area contributed by atoms with E-state index in [9.17, 15) is 13.9 Å². The molecule has 102 valence electrons. The minimum atomic E-state index is -1.34. The van der Waals surface area contributed by atoms with Crippen LogP contribution in [0.4, 0.5) is 14.5 Å². The van der Waals surface area contributed by atoms with Gasteiger partial charge in [0.15, 0.2) is 0 Å². The highest BCUT2D eigenvalue weighted by molar-refractivity contribution is 5.57. The fourth-order valence-corrected chi connectivity index (χ4v) is 1.87. The van der Waals surface area contributed by atoms with Crippen molar-refractivity contribution in [3.05, 3.63) is 65.2 Å². The molecule has 0 heterocycles. The van der Waals surface area contributed by atoms with Crippen LogP contribution in [-0.2, 0) is 0 Å². The van der Waals surface area contributed by atoms with E-state index in [4.69, 9.17) is 5.26 Å². The third-order valence-corrected chi connectivity index (χ3v) is 2.87. The van der Waals surface area contributed by atoms with Crippen molar-refractivity contribution >= 4 is 5.69 Å². The molecule has 0 saturated carbocycles. The number of rotatable bonds is 4. The van der Waals surface area contributed by atoms with E-state index in [1.807, 2.05) is 6.07 Å². The van der Waals surface area contributed by atoms with Crippen LogP contribution in [0.1, 0.15) is 17.2 Å². The standard InChI is InChI=1S/C15H12F2N2O/c16-11-5-3-6-12(17)15(11)14(20)9-19-13-7-2-1-4-10(13)8-18/h1-7,14,19-20H,9H2. The van der Waals surface area contributed by atoms with Crippen molar-refractivity contribution in [2.24, 2.45) is 0 Å². The maximum atomic E-state index is 13.5. The Morgan fingerprint density at radius 3 is 2.40 bits per heavy atom.